The molecule has 0 radical (unpaired) electrons. The molecule has 9 nitrogen and oxygen atoms in total. The lowest BCUT2D eigenvalue weighted by Gasteiger charge is -2.34. The highest BCUT2D eigenvalue weighted by molar-refractivity contribution is 6.33. The molecule has 1 atom stereocenters. The SMILES string of the molecule is COc1cc2ncnc(N3CCNC(c4cn[nH]c4)C3)c2cc1Cl.O=C(O)C(F)(F)F. The molecule has 0 aliphatic carbocycles. The number of alkyl halides is 3. The molecule has 3 N–H and O–H groups in total. The first-order valence-electron chi connectivity index (χ1n) is 8.96. The highest BCUT2D eigenvalue weighted by atomic mass is 35.5. The lowest BCUT2D eigenvalue weighted by molar-refractivity contribution is -0.192. The quantitative estimate of drug-likeness (QED) is 0.548. The number of anilines is 1. The molecule has 1 fully saturated rings. The third-order valence-electron chi connectivity index (χ3n) is 4.53. The molecule has 1 aromatic carbocycles. The standard InChI is InChI=1S/C16H17ClN6O.C2HF3O2/c1-24-15-5-13-11(4-12(15)17)16(20-9-19-13)23-3-2-18-14(8-23)10-6-21-22-7-10;3-2(4,5)1(6)7/h4-7,9,14,18H,2-3,8H2,1H3,(H,21,22);(H,6,7). The van der Waals surface area contributed by atoms with Crippen molar-refractivity contribution in [3.05, 3.63) is 41.4 Å². The van der Waals surface area contributed by atoms with E-state index >= 15 is 0 Å². The van der Waals surface area contributed by atoms with Gasteiger partial charge < -0.3 is 20.1 Å². The molecule has 3 heterocycles. The molecule has 166 valence electrons. The number of hydrogen-bond acceptors (Lipinski definition) is 7. The molecule has 0 saturated carbocycles. The zero-order valence-electron chi connectivity index (χ0n) is 16.1. The molecule has 4 rings (SSSR count). The first-order valence-corrected chi connectivity index (χ1v) is 9.34. The number of benzene rings is 1. The molecule has 0 amide bonds. The average molecular weight is 459 g/mol. The van der Waals surface area contributed by atoms with Crippen LogP contribution in [0.25, 0.3) is 10.9 Å². The summed E-state index contributed by atoms with van der Waals surface area (Å²) in [5.41, 5.74) is 1.96. The second-order valence-corrected chi connectivity index (χ2v) is 6.90. The molecule has 1 aliphatic rings. The van der Waals surface area contributed by atoms with E-state index in [1.54, 1.807) is 13.4 Å². The number of nitrogens with zero attached hydrogens (tertiary/aromatic N) is 4. The topological polar surface area (TPSA) is 116 Å². The maximum atomic E-state index is 10.6. The maximum Gasteiger partial charge on any atom is 0.490 e. The van der Waals surface area contributed by atoms with Gasteiger partial charge in [0, 0.05) is 42.8 Å². The van der Waals surface area contributed by atoms with Crippen LogP contribution < -0.4 is 15.0 Å². The van der Waals surface area contributed by atoms with Crippen LogP contribution in [0.1, 0.15) is 11.6 Å². The lowest BCUT2D eigenvalue weighted by atomic mass is 10.1. The van der Waals surface area contributed by atoms with Crippen molar-refractivity contribution in [1.82, 2.24) is 25.5 Å². The van der Waals surface area contributed by atoms with Crippen molar-refractivity contribution in [3.8, 4) is 5.75 Å². The van der Waals surface area contributed by atoms with Crippen LogP contribution in [-0.2, 0) is 4.79 Å². The molecule has 13 heteroatoms. The van der Waals surface area contributed by atoms with Gasteiger partial charge in [-0.25, -0.2) is 14.8 Å². The Morgan fingerprint density at radius 2 is 2.10 bits per heavy atom. The molecule has 1 aliphatic heterocycles. The van der Waals surface area contributed by atoms with Gasteiger partial charge in [0.1, 0.15) is 17.9 Å². The van der Waals surface area contributed by atoms with E-state index in [1.807, 2.05) is 24.5 Å². The van der Waals surface area contributed by atoms with E-state index in [0.29, 0.717) is 10.8 Å². The normalized spacial score (nSPS) is 16.5. The van der Waals surface area contributed by atoms with E-state index in [9.17, 15) is 13.2 Å². The minimum Gasteiger partial charge on any atom is -0.495 e. The smallest absolute Gasteiger partial charge is 0.490 e. The number of aromatic nitrogens is 4. The Balaban J connectivity index is 0.000000339. The summed E-state index contributed by atoms with van der Waals surface area (Å²) in [7, 11) is 1.60. The van der Waals surface area contributed by atoms with Crippen LogP contribution >= 0.6 is 11.6 Å². The summed E-state index contributed by atoms with van der Waals surface area (Å²) in [4.78, 5) is 20.0. The summed E-state index contributed by atoms with van der Waals surface area (Å²) in [5.74, 6) is -1.25. The fourth-order valence-corrected chi connectivity index (χ4v) is 3.31. The number of carboxylic acids is 1. The number of hydrogen-bond donors (Lipinski definition) is 3. The molecular weight excluding hydrogens is 441 g/mol. The maximum absolute atomic E-state index is 10.6. The van der Waals surface area contributed by atoms with Crippen LogP contribution in [0.2, 0.25) is 5.02 Å². The number of rotatable bonds is 3. The summed E-state index contributed by atoms with van der Waals surface area (Å²) in [6.45, 7) is 2.53. The number of piperazine rings is 1. The third-order valence-corrected chi connectivity index (χ3v) is 4.82. The fraction of sp³-hybridized carbons (Fsp3) is 0.333. The molecule has 0 bridgehead atoms. The minimum absolute atomic E-state index is 0.205. The van der Waals surface area contributed by atoms with Gasteiger partial charge in [0.15, 0.2) is 0 Å². The lowest BCUT2D eigenvalue weighted by Crippen LogP contribution is -2.46. The van der Waals surface area contributed by atoms with Crippen molar-refractivity contribution in [3.63, 3.8) is 0 Å². The number of fused-ring (bicyclic) bond motifs is 1. The summed E-state index contributed by atoms with van der Waals surface area (Å²) in [5, 5.41) is 19.0. The Morgan fingerprint density at radius 1 is 1.35 bits per heavy atom. The van der Waals surface area contributed by atoms with Gasteiger partial charge >= 0.3 is 12.1 Å². The van der Waals surface area contributed by atoms with Crippen molar-refractivity contribution < 1.29 is 27.8 Å². The Morgan fingerprint density at radius 3 is 2.71 bits per heavy atom. The Hall–Kier alpha value is -3.12. The predicted octanol–water partition coefficient (Wildman–Crippen LogP) is 2.80. The first kappa shape index (κ1) is 22.6. The minimum atomic E-state index is -5.08. The van der Waals surface area contributed by atoms with Crippen LogP contribution in [0.3, 0.4) is 0 Å². The van der Waals surface area contributed by atoms with Gasteiger partial charge in [0.2, 0.25) is 0 Å². The largest absolute Gasteiger partial charge is 0.495 e. The van der Waals surface area contributed by atoms with Gasteiger partial charge in [-0.2, -0.15) is 18.3 Å². The van der Waals surface area contributed by atoms with Gasteiger partial charge in [0.05, 0.1) is 29.9 Å². The van der Waals surface area contributed by atoms with E-state index in [0.717, 1.165) is 41.9 Å². The fourth-order valence-electron chi connectivity index (χ4n) is 3.07. The Labute approximate surface area is 179 Å². The number of carboxylic acid groups (broad SMARTS) is 1. The van der Waals surface area contributed by atoms with E-state index in [-0.39, 0.29) is 6.04 Å². The number of methoxy groups -OCH3 is 1. The molecule has 1 unspecified atom stereocenters. The van der Waals surface area contributed by atoms with Crippen molar-refractivity contribution in [1.29, 1.82) is 0 Å². The van der Waals surface area contributed by atoms with Gasteiger partial charge in [-0.1, -0.05) is 11.6 Å². The van der Waals surface area contributed by atoms with Crippen molar-refractivity contribution in [2.75, 3.05) is 31.6 Å². The van der Waals surface area contributed by atoms with Crippen molar-refractivity contribution in [2.24, 2.45) is 0 Å². The number of carbonyl (C=O) groups is 1. The summed E-state index contributed by atoms with van der Waals surface area (Å²) >= 11 is 6.30. The van der Waals surface area contributed by atoms with E-state index in [2.05, 4.69) is 30.4 Å². The van der Waals surface area contributed by atoms with E-state index in [1.165, 1.54) is 0 Å². The second-order valence-electron chi connectivity index (χ2n) is 6.49. The van der Waals surface area contributed by atoms with Gasteiger partial charge in [-0.05, 0) is 6.07 Å². The molecule has 2 aromatic heterocycles. The third kappa shape index (κ3) is 5.33. The van der Waals surface area contributed by atoms with Crippen LogP contribution in [0.5, 0.6) is 5.75 Å². The van der Waals surface area contributed by atoms with Crippen molar-refractivity contribution >= 4 is 34.3 Å². The van der Waals surface area contributed by atoms with Crippen LogP contribution in [0, 0.1) is 0 Å². The Bertz CT molecular complexity index is 1050. The second kappa shape index (κ2) is 9.35. The highest BCUT2D eigenvalue weighted by Gasteiger charge is 2.38. The molecule has 31 heavy (non-hydrogen) atoms. The predicted molar refractivity (Wildman–Crippen MR) is 106 cm³/mol. The van der Waals surface area contributed by atoms with Gasteiger partial charge in [-0.15, -0.1) is 0 Å². The number of H-pyrrole nitrogens is 1. The first-order chi connectivity index (χ1) is 14.7. The van der Waals surface area contributed by atoms with Gasteiger partial charge in [-0.3, -0.25) is 5.10 Å². The Kier molecular flexibility index (Phi) is 6.81. The molecular formula is C18H18ClF3N6O3. The van der Waals surface area contributed by atoms with Crippen LogP contribution in [0.4, 0.5) is 19.0 Å². The monoisotopic (exact) mass is 458 g/mol. The highest BCUT2D eigenvalue weighted by Crippen LogP contribution is 2.33. The number of ether oxygens (including phenoxy) is 1. The molecule has 3 aromatic rings. The molecule has 1 saturated heterocycles. The summed E-state index contributed by atoms with van der Waals surface area (Å²) in [6, 6.07) is 3.93. The summed E-state index contributed by atoms with van der Waals surface area (Å²) in [6.07, 6.45) is 0.266. The van der Waals surface area contributed by atoms with Gasteiger partial charge in [0.25, 0.3) is 0 Å². The van der Waals surface area contributed by atoms with E-state index < -0.39 is 12.1 Å². The number of aliphatic carboxylic acids is 1. The van der Waals surface area contributed by atoms with E-state index in [4.69, 9.17) is 26.2 Å². The zero-order valence-corrected chi connectivity index (χ0v) is 16.9. The van der Waals surface area contributed by atoms with Crippen LogP contribution in [0.15, 0.2) is 30.9 Å². The number of nitrogens with one attached hydrogen (secondary N) is 2. The number of halogens is 4. The number of aromatic amines is 1. The summed E-state index contributed by atoms with van der Waals surface area (Å²) < 4.78 is 37.0. The zero-order chi connectivity index (χ0) is 22.6. The average Bonchev–Trinajstić information content (AvgIpc) is 3.28. The van der Waals surface area contributed by atoms with Crippen molar-refractivity contribution in [2.45, 2.75) is 12.2 Å². The molecule has 0 spiro atoms. The van der Waals surface area contributed by atoms with Crippen LogP contribution in [-0.4, -0.2) is 64.2 Å².